The number of pyridine rings is 1. The SMILES string of the molecule is COc1ccc(Oc2cccc3nccn23)cc1N. The highest BCUT2D eigenvalue weighted by molar-refractivity contribution is 5.56. The van der Waals surface area contributed by atoms with Crippen LogP contribution in [0.25, 0.3) is 5.65 Å². The van der Waals surface area contributed by atoms with Crippen molar-refractivity contribution in [2.75, 3.05) is 12.8 Å². The number of hydrogen-bond acceptors (Lipinski definition) is 4. The Labute approximate surface area is 110 Å². The van der Waals surface area contributed by atoms with Crippen molar-refractivity contribution in [3.63, 3.8) is 0 Å². The number of nitrogens with zero attached hydrogens (tertiary/aromatic N) is 2. The van der Waals surface area contributed by atoms with Crippen molar-refractivity contribution in [2.45, 2.75) is 0 Å². The second kappa shape index (κ2) is 4.53. The molecule has 0 saturated carbocycles. The zero-order valence-corrected chi connectivity index (χ0v) is 10.4. The lowest BCUT2D eigenvalue weighted by Gasteiger charge is -2.10. The number of methoxy groups -OCH3 is 1. The Morgan fingerprint density at radius 3 is 2.89 bits per heavy atom. The summed E-state index contributed by atoms with van der Waals surface area (Å²) in [6, 6.07) is 11.0. The van der Waals surface area contributed by atoms with Crippen molar-refractivity contribution in [3.8, 4) is 17.4 Å². The fourth-order valence-corrected chi connectivity index (χ4v) is 1.90. The molecule has 0 saturated heterocycles. The fourth-order valence-electron chi connectivity index (χ4n) is 1.90. The molecule has 0 spiro atoms. The third kappa shape index (κ3) is 2.06. The predicted octanol–water partition coefficient (Wildman–Crippen LogP) is 2.72. The number of benzene rings is 1. The lowest BCUT2D eigenvalue weighted by atomic mass is 10.3. The smallest absolute Gasteiger partial charge is 0.205 e. The molecule has 2 N–H and O–H groups in total. The molecule has 3 rings (SSSR count). The van der Waals surface area contributed by atoms with Gasteiger partial charge in [0.2, 0.25) is 5.88 Å². The van der Waals surface area contributed by atoms with Gasteiger partial charge in [-0.15, -0.1) is 0 Å². The average Bonchev–Trinajstić information content (AvgIpc) is 2.88. The number of fused-ring (bicyclic) bond motifs is 1. The van der Waals surface area contributed by atoms with E-state index in [-0.39, 0.29) is 0 Å². The highest BCUT2D eigenvalue weighted by Gasteiger charge is 2.05. The minimum atomic E-state index is 0.540. The van der Waals surface area contributed by atoms with E-state index in [0.29, 0.717) is 23.1 Å². The molecule has 2 aromatic heterocycles. The van der Waals surface area contributed by atoms with Crippen LogP contribution in [0.3, 0.4) is 0 Å². The zero-order chi connectivity index (χ0) is 13.2. The van der Waals surface area contributed by atoms with Crippen LogP contribution in [0.2, 0.25) is 0 Å². The molecule has 5 nitrogen and oxygen atoms in total. The zero-order valence-electron chi connectivity index (χ0n) is 10.4. The molecule has 0 aliphatic carbocycles. The lowest BCUT2D eigenvalue weighted by Crippen LogP contribution is -1.95. The quantitative estimate of drug-likeness (QED) is 0.731. The molecular weight excluding hydrogens is 242 g/mol. The van der Waals surface area contributed by atoms with Gasteiger partial charge in [0, 0.05) is 18.5 Å². The Kier molecular flexibility index (Phi) is 2.72. The van der Waals surface area contributed by atoms with Gasteiger partial charge in [0.25, 0.3) is 0 Å². The molecule has 0 bridgehead atoms. The average molecular weight is 255 g/mol. The standard InChI is InChI=1S/C14H13N3O2/c1-18-12-6-5-10(9-11(12)15)19-14-4-2-3-13-16-7-8-17(13)14/h2-9H,15H2,1H3. The molecule has 0 aliphatic heterocycles. The first-order chi connectivity index (χ1) is 9.28. The molecule has 5 heteroatoms. The van der Waals surface area contributed by atoms with E-state index < -0.39 is 0 Å². The number of aromatic nitrogens is 2. The molecule has 2 heterocycles. The van der Waals surface area contributed by atoms with E-state index in [1.165, 1.54) is 0 Å². The third-order valence-electron chi connectivity index (χ3n) is 2.81. The van der Waals surface area contributed by atoms with E-state index in [9.17, 15) is 0 Å². The van der Waals surface area contributed by atoms with Gasteiger partial charge < -0.3 is 15.2 Å². The molecule has 19 heavy (non-hydrogen) atoms. The number of rotatable bonds is 3. The maximum Gasteiger partial charge on any atom is 0.205 e. The van der Waals surface area contributed by atoms with Crippen LogP contribution in [0, 0.1) is 0 Å². The monoisotopic (exact) mass is 255 g/mol. The molecule has 0 atom stereocenters. The Hall–Kier alpha value is -2.69. The summed E-state index contributed by atoms with van der Waals surface area (Å²) >= 11 is 0. The van der Waals surface area contributed by atoms with E-state index in [0.717, 1.165) is 5.65 Å². The molecule has 96 valence electrons. The lowest BCUT2D eigenvalue weighted by molar-refractivity contribution is 0.414. The maximum atomic E-state index is 5.85. The van der Waals surface area contributed by atoms with Crippen LogP contribution in [0.1, 0.15) is 0 Å². The molecule has 0 aliphatic rings. The minimum absolute atomic E-state index is 0.540. The first-order valence-electron chi connectivity index (χ1n) is 5.81. The van der Waals surface area contributed by atoms with E-state index >= 15 is 0 Å². The van der Waals surface area contributed by atoms with Gasteiger partial charge >= 0.3 is 0 Å². The maximum absolute atomic E-state index is 5.85. The topological polar surface area (TPSA) is 61.8 Å². The molecule has 0 amide bonds. The number of hydrogen-bond donors (Lipinski definition) is 1. The summed E-state index contributed by atoms with van der Waals surface area (Å²) in [5.41, 5.74) is 7.23. The van der Waals surface area contributed by atoms with Gasteiger partial charge in [-0.25, -0.2) is 4.98 Å². The molecular formula is C14H13N3O2. The molecule has 0 unspecified atom stereocenters. The summed E-state index contributed by atoms with van der Waals surface area (Å²) in [5.74, 6) is 1.97. The molecule has 3 aromatic rings. The molecule has 0 fully saturated rings. The van der Waals surface area contributed by atoms with Gasteiger partial charge in [0.05, 0.1) is 12.8 Å². The summed E-state index contributed by atoms with van der Waals surface area (Å²) in [5, 5.41) is 0. The normalized spacial score (nSPS) is 10.6. The van der Waals surface area contributed by atoms with Crippen molar-refractivity contribution in [3.05, 3.63) is 48.8 Å². The number of anilines is 1. The number of nitrogen functional groups attached to an aromatic ring is 1. The van der Waals surface area contributed by atoms with E-state index in [1.807, 2.05) is 34.9 Å². The van der Waals surface area contributed by atoms with Crippen molar-refractivity contribution in [1.82, 2.24) is 9.38 Å². The van der Waals surface area contributed by atoms with E-state index in [1.54, 1.807) is 25.4 Å². The first-order valence-corrected chi connectivity index (χ1v) is 5.81. The van der Waals surface area contributed by atoms with Crippen LogP contribution < -0.4 is 15.2 Å². The van der Waals surface area contributed by atoms with Crippen LogP contribution >= 0.6 is 0 Å². The van der Waals surface area contributed by atoms with Gasteiger partial charge in [-0.05, 0) is 24.3 Å². The summed E-state index contributed by atoms with van der Waals surface area (Å²) in [4.78, 5) is 4.20. The Balaban J connectivity index is 1.97. The van der Waals surface area contributed by atoms with Crippen LogP contribution in [-0.2, 0) is 0 Å². The highest BCUT2D eigenvalue weighted by Crippen LogP contribution is 2.29. The fraction of sp³-hybridized carbons (Fsp3) is 0.0714. The largest absolute Gasteiger partial charge is 0.495 e. The minimum Gasteiger partial charge on any atom is -0.495 e. The summed E-state index contributed by atoms with van der Waals surface area (Å²) in [6.07, 6.45) is 3.57. The van der Waals surface area contributed by atoms with Gasteiger partial charge in [0.1, 0.15) is 17.1 Å². The van der Waals surface area contributed by atoms with Crippen LogP contribution in [-0.4, -0.2) is 16.5 Å². The van der Waals surface area contributed by atoms with Crippen molar-refractivity contribution < 1.29 is 9.47 Å². The Morgan fingerprint density at radius 1 is 1.21 bits per heavy atom. The van der Waals surface area contributed by atoms with Gasteiger partial charge in [0.15, 0.2) is 0 Å². The summed E-state index contributed by atoms with van der Waals surface area (Å²) < 4.78 is 12.8. The summed E-state index contributed by atoms with van der Waals surface area (Å²) in [7, 11) is 1.58. The van der Waals surface area contributed by atoms with Crippen LogP contribution in [0.15, 0.2) is 48.8 Å². The van der Waals surface area contributed by atoms with Gasteiger partial charge in [-0.2, -0.15) is 0 Å². The highest BCUT2D eigenvalue weighted by atomic mass is 16.5. The van der Waals surface area contributed by atoms with E-state index in [2.05, 4.69) is 4.98 Å². The Morgan fingerprint density at radius 2 is 2.11 bits per heavy atom. The van der Waals surface area contributed by atoms with Crippen molar-refractivity contribution in [1.29, 1.82) is 0 Å². The van der Waals surface area contributed by atoms with Crippen LogP contribution in [0.5, 0.6) is 17.4 Å². The van der Waals surface area contributed by atoms with Crippen molar-refractivity contribution >= 4 is 11.3 Å². The summed E-state index contributed by atoms with van der Waals surface area (Å²) in [6.45, 7) is 0. The number of imidazole rings is 1. The predicted molar refractivity (Wildman–Crippen MR) is 72.7 cm³/mol. The van der Waals surface area contributed by atoms with Crippen LogP contribution in [0.4, 0.5) is 5.69 Å². The number of ether oxygens (including phenoxy) is 2. The second-order valence-corrected chi connectivity index (χ2v) is 4.03. The third-order valence-corrected chi connectivity index (χ3v) is 2.81. The van der Waals surface area contributed by atoms with E-state index in [4.69, 9.17) is 15.2 Å². The number of nitrogens with two attached hydrogens (primary N) is 1. The Bertz CT molecular complexity index is 722. The van der Waals surface area contributed by atoms with Gasteiger partial charge in [-0.3, -0.25) is 4.40 Å². The second-order valence-electron chi connectivity index (χ2n) is 4.03. The molecule has 0 radical (unpaired) electrons. The molecule has 1 aromatic carbocycles. The van der Waals surface area contributed by atoms with Gasteiger partial charge in [-0.1, -0.05) is 6.07 Å². The van der Waals surface area contributed by atoms with Crippen molar-refractivity contribution in [2.24, 2.45) is 0 Å². The first kappa shape index (κ1) is 11.4.